The first-order valence-electron chi connectivity index (χ1n) is 4.51. The van der Waals surface area contributed by atoms with Crippen LogP contribution >= 0.6 is 0 Å². The van der Waals surface area contributed by atoms with E-state index in [0.29, 0.717) is 5.69 Å². The van der Waals surface area contributed by atoms with Crippen LogP contribution in [-0.4, -0.2) is 11.0 Å². The number of hydrogen-bond donors (Lipinski definition) is 2. The summed E-state index contributed by atoms with van der Waals surface area (Å²) >= 11 is 0. The van der Waals surface area contributed by atoms with Crippen molar-refractivity contribution >= 4 is 11.6 Å². The lowest BCUT2D eigenvalue weighted by Crippen LogP contribution is -2.07. The van der Waals surface area contributed by atoms with Gasteiger partial charge in [-0.1, -0.05) is 0 Å². The molecule has 0 radical (unpaired) electrons. The first-order chi connectivity index (χ1) is 6.43. The van der Waals surface area contributed by atoms with Gasteiger partial charge < -0.3 is 10.4 Å². The van der Waals surface area contributed by atoms with E-state index < -0.39 is 0 Å². The highest BCUT2D eigenvalue weighted by Crippen LogP contribution is 2.31. The zero-order valence-corrected chi connectivity index (χ0v) is 8.93. The van der Waals surface area contributed by atoms with Crippen molar-refractivity contribution in [2.75, 3.05) is 5.32 Å². The highest BCUT2D eigenvalue weighted by atomic mass is 16.3. The first kappa shape index (κ1) is 10.6. The number of aryl methyl sites for hydroxylation is 1. The number of anilines is 1. The van der Waals surface area contributed by atoms with Gasteiger partial charge in [-0.05, 0) is 43.5 Å². The van der Waals surface area contributed by atoms with Crippen LogP contribution in [0.1, 0.15) is 23.6 Å². The van der Waals surface area contributed by atoms with Crippen LogP contribution in [0.5, 0.6) is 5.75 Å². The van der Waals surface area contributed by atoms with Crippen molar-refractivity contribution < 1.29 is 9.90 Å². The number of phenolic OH excluding ortho intramolecular Hbond substituents is 1. The molecule has 0 aliphatic carbocycles. The van der Waals surface area contributed by atoms with Crippen LogP contribution in [0.15, 0.2) is 6.07 Å². The van der Waals surface area contributed by atoms with E-state index in [1.807, 2.05) is 20.8 Å². The number of carbonyl (C=O) groups is 1. The monoisotopic (exact) mass is 193 g/mol. The molecular weight excluding hydrogens is 178 g/mol. The first-order valence-corrected chi connectivity index (χ1v) is 4.51. The summed E-state index contributed by atoms with van der Waals surface area (Å²) in [6.45, 7) is 7.15. The third kappa shape index (κ3) is 1.87. The molecule has 1 aromatic carbocycles. The number of nitrogens with one attached hydrogen (secondary N) is 1. The van der Waals surface area contributed by atoms with E-state index in [4.69, 9.17) is 0 Å². The molecule has 0 heterocycles. The summed E-state index contributed by atoms with van der Waals surface area (Å²) in [5.41, 5.74) is 3.41. The largest absolute Gasteiger partial charge is 0.505 e. The molecule has 3 heteroatoms. The molecule has 0 atom stereocenters. The Kier molecular flexibility index (Phi) is 2.79. The van der Waals surface area contributed by atoms with E-state index in [1.165, 1.54) is 6.92 Å². The number of hydrogen-bond acceptors (Lipinski definition) is 2. The number of benzene rings is 1. The minimum absolute atomic E-state index is 0.156. The average Bonchev–Trinajstić information content (AvgIpc) is 2.10. The minimum atomic E-state index is -0.178. The number of amides is 1. The molecule has 0 spiro atoms. The molecule has 1 rings (SSSR count). The van der Waals surface area contributed by atoms with Crippen LogP contribution in [0, 0.1) is 20.8 Å². The second kappa shape index (κ2) is 3.70. The van der Waals surface area contributed by atoms with Crippen molar-refractivity contribution in [1.29, 1.82) is 0 Å². The molecular formula is C11H15NO2. The lowest BCUT2D eigenvalue weighted by molar-refractivity contribution is -0.114. The van der Waals surface area contributed by atoms with E-state index in [1.54, 1.807) is 6.07 Å². The van der Waals surface area contributed by atoms with Crippen molar-refractivity contribution in [2.24, 2.45) is 0 Å². The van der Waals surface area contributed by atoms with Gasteiger partial charge in [-0.3, -0.25) is 4.79 Å². The summed E-state index contributed by atoms with van der Waals surface area (Å²) in [4.78, 5) is 10.9. The lowest BCUT2D eigenvalue weighted by Gasteiger charge is -2.12. The van der Waals surface area contributed by atoms with Gasteiger partial charge in [0.2, 0.25) is 5.91 Å². The van der Waals surface area contributed by atoms with Crippen molar-refractivity contribution in [1.82, 2.24) is 0 Å². The summed E-state index contributed by atoms with van der Waals surface area (Å²) < 4.78 is 0. The van der Waals surface area contributed by atoms with Crippen LogP contribution in [0.3, 0.4) is 0 Å². The topological polar surface area (TPSA) is 49.3 Å². The van der Waals surface area contributed by atoms with E-state index >= 15 is 0 Å². The van der Waals surface area contributed by atoms with E-state index in [-0.39, 0.29) is 11.7 Å². The molecule has 0 saturated heterocycles. The fourth-order valence-corrected chi connectivity index (χ4v) is 1.35. The van der Waals surface area contributed by atoms with Gasteiger partial charge in [0, 0.05) is 6.92 Å². The predicted octanol–water partition coefficient (Wildman–Crippen LogP) is 2.28. The Morgan fingerprint density at radius 1 is 1.29 bits per heavy atom. The zero-order valence-electron chi connectivity index (χ0n) is 8.93. The normalized spacial score (nSPS) is 10.0. The predicted molar refractivity (Wildman–Crippen MR) is 56.6 cm³/mol. The SMILES string of the molecule is CC(=O)Nc1cc(C)c(C)c(C)c1O. The maximum absolute atomic E-state index is 10.9. The molecule has 1 amide bonds. The van der Waals surface area contributed by atoms with Gasteiger partial charge >= 0.3 is 0 Å². The Hall–Kier alpha value is -1.51. The number of aromatic hydroxyl groups is 1. The number of phenols is 1. The molecule has 0 unspecified atom stereocenters. The Labute approximate surface area is 83.8 Å². The summed E-state index contributed by atoms with van der Waals surface area (Å²) in [7, 11) is 0. The molecule has 0 saturated carbocycles. The van der Waals surface area contributed by atoms with E-state index in [2.05, 4.69) is 5.32 Å². The molecule has 1 aromatic rings. The fourth-order valence-electron chi connectivity index (χ4n) is 1.35. The third-order valence-corrected chi connectivity index (χ3v) is 2.44. The van der Waals surface area contributed by atoms with Gasteiger partial charge in [-0.25, -0.2) is 0 Å². The second-order valence-corrected chi connectivity index (χ2v) is 3.52. The lowest BCUT2D eigenvalue weighted by atomic mass is 10.0. The summed E-state index contributed by atoms with van der Waals surface area (Å²) in [6.07, 6.45) is 0. The van der Waals surface area contributed by atoms with Crippen molar-refractivity contribution in [3.05, 3.63) is 22.8 Å². The van der Waals surface area contributed by atoms with E-state index in [0.717, 1.165) is 16.7 Å². The van der Waals surface area contributed by atoms with Crippen LogP contribution in [0.2, 0.25) is 0 Å². The van der Waals surface area contributed by atoms with Crippen molar-refractivity contribution in [2.45, 2.75) is 27.7 Å². The molecule has 0 aliphatic rings. The molecule has 3 nitrogen and oxygen atoms in total. The standard InChI is InChI=1S/C11H15NO2/c1-6-5-10(12-9(4)13)11(14)8(3)7(6)2/h5,14H,1-4H3,(H,12,13). The molecule has 0 aromatic heterocycles. The third-order valence-electron chi connectivity index (χ3n) is 2.44. The highest BCUT2D eigenvalue weighted by Gasteiger charge is 2.09. The quantitative estimate of drug-likeness (QED) is 0.672. The van der Waals surface area contributed by atoms with Gasteiger partial charge in [0.05, 0.1) is 5.69 Å². The van der Waals surface area contributed by atoms with Gasteiger partial charge in [0.25, 0.3) is 0 Å². The van der Waals surface area contributed by atoms with Crippen molar-refractivity contribution in [3.63, 3.8) is 0 Å². The molecule has 14 heavy (non-hydrogen) atoms. The van der Waals surface area contributed by atoms with Crippen LogP contribution in [-0.2, 0) is 4.79 Å². The summed E-state index contributed by atoms with van der Waals surface area (Å²) in [6, 6.07) is 1.78. The van der Waals surface area contributed by atoms with Gasteiger partial charge in [0.15, 0.2) is 0 Å². The number of rotatable bonds is 1. The smallest absolute Gasteiger partial charge is 0.221 e. The van der Waals surface area contributed by atoms with E-state index in [9.17, 15) is 9.90 Å². The Balaban J connectivity index is 3.25. The summed E-state index contributed by atoms with van der Waals surface area (Å²) in [5.74, 6) is -0.0220. The number of carbonyl (C=O) groups excluding carboxylic acids is 1. The fraction of sp³-hybridized carbons (Fsp3) is 0.364. The zero-order chi connectivity index (χ0) is 10.9. The Morgan fingerprint density at radius 3 is 2.36 bits per heavy atom. The summed E-state index contributed by atoms with van der Waals surface area (Å²) in [5, 5.41) is 12.3. The molecule has 0 bridgehead atoms. The second-order valence-electron chi connectivity index (χ2n) is 3.52. The molecule has 76 valence electrons. The van der Waals surface area contributed by atoms with Crippen LogP contribution < -0.4 is 5.32 Å². The minimum Gasteiger partial charge on any atom is -0.505 e. The maximum Gasteiger partial charge on any atom is 0.221 e. The average molecular weight is 193 g/mol. The van der Waals surface area contributed by atoms with Gasteiger partial charge in [0.1, 0.15) is 5.75 Å². The van der Waals surface area contributed by atoms with Crippen LogP contribution in [0.4, 0.5) is 5.69 Å². The van der Waals surface area contributed by atoms with Gasteiger partial charge in [-0.15, -0.1) is 0 Å². The highest BCUT2D eigenvalue weighted by molar-refractivity contribution is 5.91. The molecule has 2 N–H and O–H groups in total. The molecule has 0 aliphatic heterocycles. The van der Waals surface area contributed by atoms with Gasteiger partial charge in [-0.2, -0.15) is 0 Å². The van der Waals surface area contributed by atoms with Crippen molar-refractivity contribution in [3.8, 4) is 5.75 Å². The van der Waals surface area contributed by atoms with Crippen LogP contribution in [0.25, 0.3) is 0 Å². The Morgan fingerprint density at radius 2 is 1.86 bits per heavy atom. The Bertz CT molecular complexity index is 383. The molecule has 0 fully saturated rings. The maximum atomic E-state index is 10.9.